The van der Waals surface area contributed by atoms with Gasteiger partial charge in [-0.25, -0.2) is 13.4 Å². The second-order valence-corrected chi connectivity index (χ2v) is 8.00. The number of sulfone groups is 1. The largest absolute Gasteiger partial charge is 0.329 e. The van der Waals surface area contributed by atoms with Crippen LogP contribution in [0, 0.1) is 3.57 Å². The number of rotatable bonds is 2. The minimum absolute atomic E-state index is 0.196. The predicted octanol–water partition coefficient (Wildman–Crippen LogP) is 3.00. The summed E-state index contributed by atoms with van der Waals surface area (Å²) in [5.41, 5.74) is 1.05. The molecule has 0 amide bonds. The van der Waals surface area contributed by atoms with Crippen molar-refractivity contribution in [3.63, 3.8) is 0 Å². The van der Waals surface area contributed by atoms with Crippen molar-refractivity contribution < 1.29 is 8.42 Å². The van der Waals surface area contributed by atoms with Crippen LogP contribution in [-0.2, 0) is 9.84 Å². The highest BCUT2D eigenvalue weighted by Crippen LogP contribution is 2.28. The summed E-state index contributed by atoms with van der Waals surface area (Å²) in [6.45, 7) is 3.30. The topological polar surface area (TPSA) is 62.8 Å². The molecule has 0 saturated heterocycles. The number of H-pyrrole nitrogens is 1. The van der Waals surface area contributed by atoms with Gasteiger partial charge in [0, 0.05) is 3.57 Å². The number of hydrogen-bond donors (Lipinski definition) is 1. The van der Waals surface area contributed by atoms with Gasteiger partial charge >= 0.3 is 0 Å². The highest BCUT2D eigenvalue weighted by atomic mass is 127. The molecule has 0 fully saturated rings. The summed E-state index contributed by atoms with van der Waals surface area (Å²) in [5, 5.41) is -0.290. The third kappa shape index (κ3) is 2.30. The Morgan fingerprint density at radius 2 is 2.06 bits per heavy atom. The van der Waals surface area contributed by atoms with Crippen molar-refractivity contribution in [1.82, 2.24) is 9.97 Å². The summed E-state index contributed by atoms with van der Waals surface area (Å²) in [6.07, 6.45) is 0. The molecule has 1 heterocycles. The van der Waals surface area contributed by atoms with E-state index in [2.05, 4.69) is 32.6 Å². The van der Waals surface area contributed by atoms with E-state index in [4.69, 9.17) is 11.6 Å². The summed E-state index contributed by atoms with van der Waals surface area (Å²) in [7, 11) is -3.36. The van der Waals surface area contributed by atoms with E-state index in [1.54, 1.807) is 19.9 Å². The van der Waals surface area contributed by atoms with E-state index in [1.165, 1.54) is 0 Å². The van der Waals surface area contributed by atoms with Gasteiger partial charge in [-0.1, -0.05) is 0 Å². The molecule has 0 atom stereocenters. The number of hydrogen-bond acceptors (Lipinski definition) is 3. The van der Waals surface area contributed by atoms with Crippen molar-refractivity contribution in [1.29, 1.82) is 0 Å². The average Bonchev–Trinajstić information content (AvgIpc) is 2.56. The lowest BCUT2D eigenvalue weighted by Gasteiger charge is -2.08. The molecule has 1 N–H and O–H groups in total. The normalized spacial score (nSPS) is 12.5. The van der Waals surface area contributed by atoms with E-state index < -0.39 is 15.1 Å². The van der Waals surface area contributed by atoms with Crippen LogP contribution in [0.15, 0.2) is 17.0 Å². The van der Waals surface area contributed by atoms with E-state index in [-0.39, 0.29) is 10.2 Å². The van der Waals surface area contributed by atoms with Crippen molar-refractivity contribution in [2.24, 2.45) is 0 Å². The van der Waals surface area contributed by atoms with Gasteiger partial charge in [0.15, 0.2) is 9.84 Å². The number of nitrogens with one attached hydrogen (secondary N) is 1. The highest BCUT2D eigenvalue weighted by Gasteiger charge is 2.24. The Morgan fingerprint density at radius 3 is 2.65 bits per heavy atom. The van der Waals surface area contributed by atoms with Crippen LogP contribution >= 0.6 is 34.2 Å². The molecule has 0 aliphatic carbocycles. The van der Waals surface area contributed by atoms with Crippen LogP contribution in [0.1, 0.15) is 13.8 Å². The summed E-state index contributed by atoms with van der Waals surface area (Å²) in [6, 6.07) is 3.43. The Balaban J connectivity index is 2.85. The van der Waals surface area contributed by atoms with Gasteiger partial charge in [-0.05, 0) is 60.2 Å². The molecule has 1 aromatic heterocycles. The van der Waals surface area contributed by atoms with Crippen LogP contribution in [0.5, 0.6) is 0 Å². The Bertz CT molecular complexity index is 679. The zero-order valence-corrected chi connectivity index (χ0v) is 12.9. The molecule has 92 valence electrons. The number of nitrogens with zero attached hydrogens (tertiary/aromatic N) is 1. The first kappa shape index (κ1) is 13.1. The fraction of sp³-hybridized carbons (Fsp3) is 0.300. The lowest BCUT2D eigenvalue weighted by Crippen LogP contribution is -2.14. The SMILES string of the molecule is CC(C)S(=O)(=O)c1cc(I)cc2[nH]c(Cl)nc12. The zero-order valence-electron chi connectivity index (χ0n) is 9.16. The smallest absolute Gasteiger partial charge is 0.201 e. The lowest BCUT2D eigenvalue weighted by atomic mass is 10.3. The minimum atomic E-state index is -3.36. The third-order valence-electron chi connectivity index (χ3n) is 2.41. The summed E-state index contributed by atoms with van der Waals surface area (Å²) >= 11 is 7.84. The van der Waals surface area contributed by atoms with Crippen molar-refractivity contribution in [3.8, 4) is 0 Å². The van der Waals surface area contributed by atoms with Crippen molar-refractivity contribution in [2.45, 2.75) is 24.0 Å². The monoisotopic (exact) mass is 384 g/mol. The van der Waals surface area contributed by atoms with E-state index >= 15 is 0 Å². The number of benzene rings is 1. The fourth-order valence-corrected chi connectivity index (χ4v) is 3.74. The molecule has 7 heteroatoms. The molecule has 0 aliphatic rings. The van der Waals surface area contributed by atoms with Crippen LogP contribution in [0.4, 0.5) is 0 Å². The maximum atomic E-state index is 12.2. The molecule has 0 bridgehead atoms. The van der Waals surface area contributed by atoms with Gasteiger partial charge in [-0.3, -0.25) is 0 Å². The minimum Gasteiger partial charge on any atom is -0.329 e. The molecule has 1 aromatic carbocycles. The van der Waals surface area contributed by atoms with Gasteiger partial charge < -0.3 is 4.98 Å². The molecule has 0 aliphatic heterocycles. The van der Waals surface area contributed by atoms with Crippen LogP contribution in [0.25, 0.3) is 11.0 Å². The van der Waals surface area contributed by atoms with Gasteiger partial charge in [-0.15, -0.1) is 0 Å². The van der Waals surface area contributed by atoms with E-state index in [0.29, 0.717) is 11.0 Å². The molecular formula is C10H10ClIN2O2S. The number of imidazole rings is 1. The first-order valence-electron chi connectivity index (χ1n) is 4.91. The van der Waals surface area contributed by atoms with Crippen LogP contribution in [0.2, 0.25) is 5.28 Å². The van der Waals surface area contributed by atoms with Crippen molar-refractivity contribution >= 4 is 55.1 Å². The quantitative estimate of drug-likeness (QED) is 0.810. The standard InChI is InChI=1S/C10H10ClIN2O2S/c1-5(2)17(15,16)8-4-6(12)3-7-9(8)14-10(11)13-7/h3-5H,1-2H3,(H,13,14). The van der Waals surface area contributed by atoms with Crippen molar-refractivity contribution in [2.75, 3.05) is 0 Å². The summed E-state index contributed by atoms with van der Waals surface area (Å²) < 4.78 is 25.2. The molecule has 4 nitrogen and oxygen atoms in total. The number of aromatic amines is 1. The Labute approximate surface area is 118 Å². The number of fused-ring (bicyclic) bond motifs is 1. The molecular weight excluding hydrogens is 375 g/mol. The van der Waals surface area contributed by atoms with Gasteiger partial charge in [0.2, 0.25) is 5.28 Å². The van der Waals surface area contributed by atoms with Gasteiger partial charge in [0.1, 0.15) is 5.52 Å². The van der Waals surface area contributed by atoms with E-state index in [0.717, 1.165) is 3.57 Å². The number of aromatic nitrogens is 2. The van der Waals surface area contributed by atoms with Crippen molar-refractivity contribution in [3.05, 3.63) is 21.0 Å². The maximum Gasteiger partial charge on any atom is 0.201 e. The maximum absolute atomic E-state index is 12.2. The molecule has 2 aromatic rings. The predicted molar refractivity (Wildman–Crippen MR) is 76.1 cm³/mol. The third-order valence-corrected chi connectivity index (χ3v) is 5.38. The molecule has 2 rings (SSSR count). The summed E-state index contributed by atoms with van der Waals surface area (Å²) in [4.78, 5) is 7.10. The fourth-order valence-electron chi connectivity index (χ4n) is 1.49. The second-order valence-electron chi connectivity index (χ2n) is 3.92. The molecule has 0 unspecified atom stereocenters. The van der Waals surface area contributed by atoms with E-state index in [1.807, 2.05) is 6.07 Å². The molecule has 17 heavy (non-hydrogen) atoms. The van der Waals surface area contributed by atoms with Gasteiger partial charge in [0.05, 0.1) is 15.7 Å². The first-order valence-corrected chi connectivity index (χ1v) is 7.91. The van der Waals surface area contributed by atoms with Gasteiger partial charge in [0.25, 0.3) is 0 Å². The second kappa shape index (κ2) is 4.40. The molecule has 0 spiro atoms. The van der Waals surface area contributed by atoms with Crippen LogP contribution in [-0.4, -0.2) is 23.6 Å². The Morgan fingerprint density at radius 1 is 1.41 bits per heavy atom. The van der Waals surface area contributed by atoms with Crippen LogP contribution < -0.4 is 0 Å². The molecule has 0 saturated carbocycles. The summed E-state index contributed by atoms with van der Waals surface area (Å²) in [5.74, 6) is 0. The van der Waals surface area contributed by atoms with Crippen LogP contribution in [0.3, 0.4) is 0 Å². The highest BCUT2D eigenvalue weighted by molar-refractivity contribution is 14.1. The Kier molecular flexibility index (Phi) is 3.39. The van der Waals surface area contributed by atoms with E-state index in [9.17, 15) is 8.42 Å². The number of halogens is 2. The zero-order chi connectivity index (χ0) is 12.8. The lowest BCUT2D eigenvalue weighted by molar-refractivity contribution is 0.588. The average molecular weight is 385 g/mol. The first-order chi connectivity index (χ1) is 7.82. The van der Waals surface area contributed by atoms with Gasteiger partial charge in [-0.2, -0.15) is 0 Å². The Hall–Kier alpha value is -0.340. The molecule has 0 radical (unpaired) electrons.